The first kappa shape index (κ1) is 13.4. The average molecular weight is 299 g/mol. The summed E-state index contributed by atoms with van der Waals surface area (Å²) in [5.41, 5.74) is 1.15. The Morgan fingerprint density at radius 3 is 2.95 bits per heavy atom. The Morgan fingerprint density at radius 2 is 2.14 bits per heavy atom. The van der Waals surface area contributed by atoms with Crippen LogP contribution >= 0.6 is 11.6 Å². The first-order valence-electron chi connectivity index (χ1n) is 6.27. The van der Waals surface area contributed by atoms with Gasteiger partial charge < -0.3 is 0 Å². The van der Waals surface area contributed by atoms with E-state index in [9.17, 15) is 4.79 Å². The van der Waals surface area contributed by atoms with Gasteiger partial charge in [0.05, 0.1) is 17.8 Å². The van der Waals surface area contributed by atoms with Crippen molar-refractivity contribution in [2.24, 2.45) is 7.05 Å². The fraction of sp³-hybridized carbons (Fsp3) is 0.133. The third-order valence-corrected chi connectivity index (χ3v) is 3.39. The highest BCUT2D eigenvalue weighted by molar-refractivity contribution is 6.31. The maximum atomic E-state index is 12.2. The van der Waals surface area contributed by atoms with E-state index in [0.29, 0.717) is 16.1 Å². The summed E-state index contributed by atoms with van der Waals surface area (Å²) in [6.07, 6.45) is 3.00. The molecule has 0 atom stereocenters. The molecule has 0 aliphatic heterocycles. The number of aryl methyl sites for hydroxylation is 1. The highest BCUT2D eigenvalue weighted by Gasteiger charge is 2.06. The van der Waals surface area contributed by atoms with Crippen molar-refractivity contribution < 1.29 is 0 Å². The van der Waals surface area contributed by atoms with Crippen LogP contribution in [-0.2, 0) is 13.6 Å². The predicted molar refractivity (Wildman–Crippen MR) is 81.1 cm³/mol. The Balaban J connectivity index is 1.92. The Hall–Kier alpha value is -2.58. The molecule has 0 unspecified atom stereocenters. The van der Waals surface area contributed by atoms with E-state index in [-0.39, 0.29) is 12.1 Å². The molecular formula is C15H11ClN4O. The molecule has 104 valence electrons. The smallest absolute Gasteiger partial charge is 0.265 e. The molecule has 0 amide bonds. The predicted octanol–water partition coefficient (Wildman–Crippen LogP) is 1.84. The molecule has 6 heteroatoms. The summed E-state index contributed by atoms with van der Waals surface area (Å²) in [6.45, 7) is 0.252. The summed E-state index contributed by atoms with van der Waals surface area (Å²) in [5, 5.41) is 5.11. The number of hydrogen-bond donors (Lipinski definition) is 0. The summed E-state index contributed by atoms with van der Waals surface area (Å²) < 4.78 is 3.02. The molecule has 0 saturated heterocycles. The molecule has 1 aromatic carbocycles. The number of aromatic nitrogens is 4. The minimum atomic E-state index is -0.151. The topological polar surface area (TPSA) is 52.7 Å². The molecule has 0 spiro atoms. The van der Waals surface area contributed by atoms with Gasteiger partial charge in [0.25, 0.3) is 5.56 Å². The molecule has 0 radical (unpaired) electrons. The maximum Gasteiger partial charge on any atom is 0.265 e. The van der Waals surface area contributed by atoms with Crippen LogP contribution in [0.1, 0.15) is 5.56 Å². The summed E-state index contributed by atoms with van der Waals surface area (Å²) >= 11 is 6.02. The molecule has 0 aliphatic carbocycles. The van der Waals surface area contributed by atoms with Crippen molar-refractivity contribution in [3.05, 3.63) is 57.7 Å². The van der Waals surface area contributed by atoms with Crippen LogP contribution in [0.3, 0.4) is 0 Å². The van der Waals surface area contributed by atoms with Crippen molar-refractivity contribution >= 4 is 22.6 Å². The average Bonchev–Trinajstić information content (AvgIpc) is 2.86. The Kier molecular flexibility index (Phi) is 3.46. The van der Waals surface area contributed by atoms with Gasteiger partial charge in [-0.25, -0.2) is 4.98 Å². The molecule has 3 rings (SSSR count). The Morgan fingerprint density at radius 1 is 1.33 bits per heavy atom. The molecular weight excluding hydrogens is 288 g/mol. The normalized spacial score (nSPS) is 10.4. The molecule has 0 saturated carbocycles. The van der Waals surface area contributed by atoms with Crippen LogP contribution in [0.15, 0.2) is 41.6 Å². The number of fused-ring (bicyclic) bond motifs is 1. The molecule has 0 bridgehead atoms. The van der Waals surface area contributed by atoms with Gasteiger partial charge in [-0.05, 0) is 12.1 Å². The summed E-state index contributed by atoms with van der Waals surface area (Å²) in [4.78, 5) is 16.4. The largest absolute Gasteiger partial charge is 0.287 e. The molecule has 0 aliphatic rings. The fourth-order valence-electron chi connectivity index (χ4n) is 1.96. The zero-order chi connectivity index (χ0) is 14.8. The van der Waals surface area contributed by atoms with E-state index in [1.54, 1.807) is 17.8 Å². The number of hydrogen-bond acceptors (Lipinski definition) is 3. The van der Waals surface area contributed by atoms with Crippen molar-refractivity contribution in [2.45, 2.75) is 6.54 Å². The van der Waals surface area contributed by atoms with Gasteiger partial charge in [-0.15, -0.1) is 0 Å². The zero-order valence-electron chi connectivity index (χ0n) is 11.2. The Labute approximate surface area is 125 Å². The van der Waals surface area contributed by atoms with Crippen LogP contribution in [0.4, 0.5) is 0 Å². The number of nitrogens with zero attached hydrogens (tertiary/aromatic N) is 4. The van der Waals surface area contributed by atoms with Crippen molar-refractivity contribution in [2.75, 3.05) is 0 Å². The molecule has 0 N–H and O–H groups in total. The molecule has 0 fully saturated rings. The lowest BCUT2D eigenvalue weighted by atomic mass is 10.2. The monoisotopic (exact) mass is 298 g/mol. The van der Waals surface area contributed by atoms with E-state index in [1.165, 1.54) is 17.1 Å². The van der Waals surface area contributed by atoms with Crippen molar-refractivity contribution in [1.29, 1.82) is 0 Å². The molecule has 5 nitrogen and oxygen atoms in total. The number of halogens is 1. The van der Waals surface area contributed by atoms with Crippen molar-refractivity contribution in [1.82, 2.24) is 19.3 Å². The third-order valence-electron chi connectivity index (χ3n) is 3.06. The van der Waals surface area contributed by atoms with E-state index >= 15 is 0 Å². The second kappa shape index (κ2) is 5.43. The maximum absolute atomic E-state index is 12.2. The lowest BCUT2D eigenvalue weighted by Crippen LogP contribution is -2.19. The minimum Gasteiger partial charge on any atom is -0.287 e. The SMILES string of the molecule is Cn1ncc2c(=O)n(CC#Cc3ccccc3Cl)cnc21. The second-order valence-corrected chi connectivity index (χ2v) is 4.87. The molecule has 3 aromatic rings. The zero-order valence-corrected chi connectivity index (χ0v) is 12.0. The van der Waals surface area contributed by atoms with E-state index < -0.39 is 0 Å². The summed E-state index contributed by atoms with van der Waals surface area (Å²) in [6, 6.07) is 7.32. The third kappa shape index (κ3) is 2.54. The van der Waals surface area contributed by atoms with Crippen molar-refractivity contribution in [3.63, 3.8) is 0 Å². The summed E-state index contributed by atoms with van der Waals surface area (Å²) in [7, 11) is 1.75. The van der Waals surface area contributed by atoms with E-state index in [0.717, 1.165) is 5.56 Å². The highest BCUT2D eigenvalue weighted by atomic mass is 35.5. The molecule has 21 heavy (non-hydrogen) atoms. The van der Waals surface area contributed by atoms with Crippen LogP contribution in [0.2, 0.25) is 5.02 Å². The van der Waals surface area contributed by atoms with Gasteiger partial charge in [0.1, 0.15) is 11.7 Å². The van der Waals surface area contributed by atoms with Gasteiger partial charge in [0, 0.05) is 12.6 Å². The highest BCUT2D eigenvalue weighted by Crippen LogP contribution is 2.12. The van der Waals surface area contributed by atoms with E-state index in [1.807, 2.05) is 18.2 Å². The van der Waals surface area contributed by atoms with E-state index in [2.05, 4.69) is 21.9 Å². The van der Waals surface area contributed by atoms with Crippen LogP contribution in [0.5, 0.6) is 0 Å². The van der Waals surface area contributed by atoms with E-state index in [4.69, 9.17) is 11.6 Å². The fourth-order valence-corrected chi connectivity index (χ4v) is 2.14. The van der Waals surface area contributed by atoms with Crippen LogP contribution in [-0.4, -0.2) is 19.3 Å². The van der Waals surface area contributed by atoms with Gasteiger partial charge >= 0.3 is 0 Å². The van der Waals surface area contributed by atoms with Gasteiger partial charge in [-0.3, -0.25) is 14.0 Å². The first-order valence-corrected chi connectivity index (χ1v) is 6.65. The summed E-state index contributed by atoms with van der Waals surface area (Å²) in [5.74, 6) is 5.88. The Bertz CT molecular complexity index is 930. The second-order valence-electron chi connectivity index (χ2n) is 4.46. The lowest BCUT2D eigenvalue weighted by molar-refractivity contribution is 0.759. The lowest BCUT2D eigenvalue weighted by Gasteiger charge is -2.00. The van der Waals surface area contributed by atoms with Crippen LogP contribution in [0, 0.1) is 11.8 Å². The van der Waals surface area contributed by atoms with Gasteiger partial charge in [-0.2, -0.15) is 5.10 Å². The van der Waals surface area contributed by atoms with Gasteiger partial charge in [0.15, 0.2) is 5.65 Å². The number of rotatable bonds is 1. The van der Waals surface area contributed by atoms with Gasteiger partial charge in [0.2, 0.25) is 0 Å². The number of benzene rings is 1. The van der Waals surface area contributed by atoms with Crippen molar-refractivity contribution in [3.8, 4) is 11.8 Å². The standard InChI is InChI=1S/C15H11ClN4O/c1-19-14-12(9-18-19)15(21)20(10-17-14)8-4-6-11-5-2-3-7-13(11)16/h2-3,5,7,9-10H,8H2,1H3. The molecule has 2 heterocycles. The van der Waals surface area contributed by atoms with Crippen LogP contribution in [0.25, 0.3) is 11.0 Å². The quantitative estimate of drug-likeness (QED) is 0.644. The molecule has 2 aromatic heterocycles. The van der Waals surface area contributed by atoms with Gasteiger partial charge in [-0.1, -0.05) is 35.6 Å². The minimum absolute atomic E-state index is 0.151. The first-order chi connectivity index (χ1) is 10.2. The van der Waals surface area contributed by atoms with Crippen LogP contribution < -0.4 is 5.56 Å².